The van der Waals surface area contributed by atoms with Crippen LogP contribution in [0.3, 0.4) is 0 Å². The van der Waals surface area contributed by atoms with E-state index < -0.39 is 0 Å². The predicted octanol–water partition coefficient (Wildman–Crippen LogP) is 3.46. The topological polar surface area (TPSA) is 39.2 Å². The Morgan fingerprint density at radius 2 is 2.22 bits per heavy atom. The van der Waals surface area contributed by atoms with Crippen molar-refractivity contribution >= 4 is 34.4 Å². The molecule has 0 aliphatic carbocycles. The lowest BCUT2D eigenvalue weighted by Gasteiger charge is -2.02. The molecule has 0 amide bonds. The summed E-state index contributed by atoms with van der Waals surface area (Å²) in [5.74, 6) is -0.377. The maximum atomic E-state index is 11.3. The SMILES string of the molecule is CCOC(=O)/C=C/c1nccc2c(Cl)cccc12. The number of esters is 1. The largest absolute Gasteiger partial charge is 0.463 e. The molecule has 1 heterocycles. The lowest BCUT2D eigenvalue weighted by molar-refractivity contribution is -0.137. The fourth-order valence-electron chi connectivity index (χ4n) is 1.66. The van der Waals surface area contributed by atoms with Crippen molar-refractivity contribution in [2.24, 2.45) is 0 Å². The van der Waals surface area contributed by atoms with Crippen LogP contribution in [0.2, 0.25) is 5.02 Å². The van der Waals surface area contributed by atoms with Gasteiger partial charge in [0, 0.05) is 28.1 Å². The number of pyridine rings is 1. The number of fused-ring (bicyclic) bond motifs is 1. The van der Waals surface area contributed by atoms with Crippen molar-refractivity contribution in [3.63, 3.8) is 0 Å². The van der Waals surface area contributed by atoms with Crippen molar-refractivity contribution in [2.45, 2.75) is 6.92 Å². The average Bonchev–Trinajstić information content (AvgIpc) is 2.37. The third kappa shape index (κ3) is 2.68. The van der Waals surface area contributed by atoms with Crippen LogP contribution in [-0.2, 0) is 9.53 Å². The van der Waals surface area contributed by atoms with Crippen molar-refractivity contribution in [3.05, 3.63) is 47.3 Å². The van der Waals surface area contributed by atoms with Crippen LogP contribution < -0.4 is 0 Å². The first-order valence-electron chi connectivity index (χ1n) is 5.60. The third-order valence-electron chi connectivity index (χ3n) is 2.45. The van der Waals surface area contributed by atoms with Gasteiger partial charge in [-0.2, -0.15) is 0 Å². The Bertz CT molecular complexity index is 608. The van der Waals surface area contributed by atoms with Crippen LogP contribution in [0.5, 0.6) is 0 Å². The Morgan fingerprint density at radius 3 is 3.00 bits per heavy atom. The molecular formula is C14H12ClNO2. The zero-order valence-corrected chi connectivity index (χ0v) is 10.6. The summed E-state index contributed by atoms with van der Waals surface area (Å²) in [7, 11) is 0. The normalized spacial score (nSPS) is 11.0. The number of hydrogen-bond donors (Lipinski definition) is 0. The smallest absolute Gasteiger partial charge is 0.330 e. The number of rotatable bonds is 3. The molecule has 92 valence electrons. The summed E-state index contributed by atoms with van der Waals surface area (Å²) in [5.41, 5.74) is 0.697. The summed E-state index contributed by atoms with van der Waals surface area (Å²) < 4.78 is 4.82. The molecular weight excluding hydrogens is 250 g/mol. The fourth-order valence-corrected chi connectivity index (χ4v) is 1.90. The van der Waals surface area contributed by atoms with Crippen molar-refractivity contribution in [3.8, 4) is 0 Å². The number of halogens is 1. The number of nitrogens with zero attached hydrogens (tertiary/aromatic N) is 1. The molecule has 1 aromatic heterocycles. The van der Waals surface area contributed by atoms with E-state index in [4.69, 9.17) is 16.3 Å². The van der Waals surface area contributed by atoms with E-state index in [2.05, 4.69) is 4.98 Å². The molecule has 2 aromatic rings. The van der Waals surface area contributed by atoms with E-state index in [0.717, 1.165) is 10.8 Å². The molecule has 0 spiro atoms. The third-order valence-corrected chi connectivity index (χ3v) is 2.78. The number of aromatic nitrogens is 1. The van der Waals surface area contributed by atoms with Crippen molar-refractivity contribution < 1.29 is 9.53 Å². The zero-order valence-electron chi connectivity index (χ0n) is 9.89. The molecule has 4 heteroatoms. The minimum atomic E-state index is -0.377. The van der Waals surface area contributed by atoms with Gasteiger partial charge in [0.15, 0.2) is 0 Å². The summed E-state index contributed by atoms with van der Waals surface area (Å²) in [4.78, 5) is 15.5. The molecule has 0 atom stereocenters. The van der Waals surface area contributed by atoms with Gasteiger partial charge in [-0.15, -0.1) is 0 Å². The van der Waals surface area contributed by atoms with Crippen molar-refractivity contribution in [2.75, 3.05) is 6.61 Å². The lowest BCUT2D eigenvalue weighted by Crippen LogP contribution is -1.98. The minimum Gasteiger partial charge on any atom is -0.463 e. The van der Waals surface area contributed by atoms with Gasteiger partial charge in [-0.25, -0.2) is 4.79 Å². The zero-order chi connectivity index (χ0) is 13.0. The molecule has 0 bridgehead atoms. The molecule has 0 N–H and O–H groups in total. The molecule has 0 saturated heterocycles. The second-order valence-corrected chi connectivity index (χ2v) is 4.02. The summed E-state index contributed by atoms with van der Waals surface area (Å²) in [6.45, 7) is 2.12. The average molecular weight is 262 g/mol. The van der Waals surface area contributed by atoms with E-state index in [1.54, 1.807) is 19.2 Å². The Kier molecular flexibility index (Phi) is 3.95. The Labute approximate surface area is 110 Å². The summed E-state index contributed by atoms with van der Waals surface area (Å²) in [6.07, 6.45) is 4.67. The fraction of sp³-hybridized carbons (Fsp3) is 0.143. The van der Waals surface area contributed by atoms with Crippen molar-refractivity contribution in [1.82, 2.24) is 4.98 Å². The Morgan fingerprint density at radius 1 is 1.39 bits per heavy atom. The lowest BCUT2D eigenvalue weighted by atomic mass is 10.1. The first kappa shape index (κ1) is 12.6. The number of ether oxygens (including phenoxy) is 1. The van der Waals surface area contributed by atoms with Gasteiger partial charge in [0.05, 0.1) is 12.3 Å². The van der Waals surface area contributed by atoms with Crippen LogP contribution in [0.1, 0.15) is 12.6 Å². The number of hydrogen-bond acceptors (Lipinski definition) is 3. The van der Waals surface area contributed by atoms with Gasteiger partial charge in [-0.3, -0.25) is 4.98 Å². The van der Waals surface area contributed by atoms with Crippen LogP contribution in [0, 0.1) is 0 Å². The van der Waals surface area contributed by atoms with E-state index in [1.807, 2.05) is 24.3 Å². The molecule has 1 aromatic carbocycles. The van der Waals surface area contributed by atoms with Crippen LogP contribution in [0.4, 0.5) is 0 Å². The second kappa shape index (κ2) is 5.65. The summed E-state index contributed by atoms with van der Waals surface area (Å²) >= 11 is 6.10. The Hall–Kier alpha value is -1.87. The molecule has 0 unspecified atom stereocenters. The summed E-state index contributed by atoms with van der Waals surface area (Å²) in [6, 6.07) is 7.44. The van der Waals surface area contributed by atoms with Gasteiger partial charge in [-0.05, 0) is 25.1 Å². The van der Waals surface area contributed by atoms with Gasteiger partial charge in [-0.1, -0.05) is 23.7 Å². The van der Waals surface area contributed by atoms with Gasteiger partial charge in [0.2, 0.25) is 0 Å². The maximum Gasteiger partial charge on any atom is 0.330 e. The van der Waals surface area contributed by atoms with E-state index in [1.165, 1.54) is 6.08 Å². The first-order valence-corrected chi connectivity index (χ1v) is 5.98. The number of carbonyl (C=O) groups excluding carboxylic acids is 1. The van der Waals surface area contributed by atoms with E-state index in [-0.39, 0.29) is 5.97 Å². The molecule has 2 rings (SSSR count). The molecule has 18 heavy (non-hydrogen) atoms. The van der Waals surface area contributed by atoms with Gasteiger partial charge < -0.3 is 4.74 Å². The second-order valence-electron chi connectivity index (χ2n) is 3.62. The predicted molar refractivity (Wildman–Crippen MR) is 72.4 cm³/mol. The number of carbonyl (C=O) groups is 1. The van der Waals surface area contributed by atoms with E-state index in [9.17, 15) is 4.79 Å². The number of benzene rings is 1. The van der Waals surface area contributed by atoms with Gasteiger partial charge in [0.25, 0.3) is 0 Å². The van der Waals surface area contributed by atoms with Crippen LogP contribution in [0.25, 0.3) is 16.8 Å². The molecule has 3 nitrogen and oxygen atoms in total. The maximum absolute atomic E-state index is 11.3. The van der Waals surface area contributed by atoms with Crippen LogP contribution >= 0.6 is 11.6 Å². The Balaban J connectivity index is 2.40. The first-order chi connectivity index (χ1) is 8.72. The van der Waals surface area contributed by atoms with Gasteiger partial charge >= 0.3 is 5.97 Å². The van der Waals surface area contributed by atoms with E-state index >= 15 is 0 Å². The standard InChI is InChI=1S/C14H12ClNO2/c1-2-18-14(17)7-6-13-11-4-3-5-12(15)10(11)8-9-16-13/h3-9H,2H2,1H3/b7-6+. The van der Waals surface area contributed by atoms with Crippen molar-refractivity contribution in [1.29, 1.82) is 0 Å². The highest BCUT2D eigenvalue weighted by Gasteiger charge is 2.03. The molecule has 0 aliphatic rings. The highest BCUT2D eigenvalue weighted by Crippen LogP contribution is 2.25. The van der Waals surface area contributed by atoms with E-state index in [0.29, 0.717) is 17.3 Å². The minimum absolute atomic E-state index is 0.359. The highest BCUT2D eigenvalue weighted by molar-refractivity contribution is 6.35. The summed E-state index contributed by atoms with van der Waals surface area (Å²) in [5, 5.41) is 2.49. The molecule has 0 saturated carbocycles. The van der Waals surface area contributed by atoms with Gasteiger partial charge in [0.1, 0.15) is 0 Å². The molecule has 0 aliphatic heterocycles. The van der Waals surface area contributed by atoms with Crippen LogP contribution in [-0.4, -0.2) is 17.6 Å². The monoisotopic (exact) mass is 261 g/mol. The quantitative estimate of drug-likeness (QED) is 0.627. The molecule has 0 radical (unpaired) electrons. The van der Waals surface area contributed by atoms with Crippen LogP contribution in [0.15, 0.2) is 36.5 Å². The molecule has 0 fully saturated rings. The highest BCUT2D eigenvalue weighted by atomic mass is 35.5.